The summed E-state index contributed by atoms with van der Waals surface area (Å²) >= 11 is 0. The van der Waals surface area contributed by atoms with E-state index in [1.807, 2.05) is 72.9 Å². The lowest BCUT2D eigenvalue weighted by molar-refractivity contribution is 0.273. The summed E-state index contributed by atoms with van der Waals surface area (Å²) in [5, 5.41) is 0. The first-order chi connectivity index (χ1) is 15.1. The zero-order chi connectivity index (χ0) is 21.6. The summed E-state index contributed by atoms with van der Waals surface area (Å²) in [7, 11) is 1.66. The third-order valence-corrected chi connectivity index (χ3v) is 5.03. The highest BCUT2D eigenvalue weighted by Gasteiger charge is 2.07. The van der Waals surface area contributed by atoms with E-state index in [0.29, 0.717) is 18.3 Å². The van der Waals surface area contributed by atoms with Gasteiger partial charge in [-0.15, -0.1) is 0 Å². The van der Waals surface area contributed by atoms with Crippen molar-refractivity contribution in [2.24, 2.45) is 10.9 Å². The minimum absolute atomic E-state index is 0.607. The van der Waals surface area contributed by atoms with Gasteiger partial charge in [0, 0.05) is 11.8 Å². The molecular weight excluding hydrogens is 386 g/mol. The highest BCUT2D eigenvalue weighted by atomic mass is 16.5. The molecule has 5 heteroatoms. The molecule has 0 bridgehead atoms. The highest BCUT2D eigenvalue weighted by molar-refractivity contribution is 5.83. The lowest BCUT2D eigenvalue weighted by Crippen LogP contribution is -2.02. The standard InChI is InChI=1S/C26H27N3O2/c1-18(2)14-15-31-24-13-8-19(16-25(24)30-3)17-27-21-11-9-20(10-12-21)26-28-22-6-4-5-7-23(22)29-26/h4-13,16-18H,14-15H2,1-3H3,(H,28,29). The monoisotopic (exact) mass is 413 g/mol. The van der Waals surface area contributed by atoms with Crippen LogP contribution < -0.4 is 9.47 Å². The average Bonchev–Trinajstić information content (AvgIpc) is 3.22. The molecule has 0 unspecified atom stereocenters. The van der Waals surface area contributed by atoms with Gasteiger partial charge >= 0.3 is 0 Å². The normalized spacial score (nSPS) is 11.5. The van der Waals surface area contributed by atoms with E-state index in [4.69, 9.17) is 9.47 Å². The van der Waals surface area contributed by atoms with Crippen LogP contribution >= 0.6 is 0 Å². The number of nitrogens with zero attached hydrogens (tertiary/aromatic N) is 2. The number of imidazole rings is 1. The number of hydrogen-bond donors (Lipinski definition) is 1. The summed E-state index contributed by atoms with van der Waals surface area (Å²) in [5.41, 5.74) is 4.85. The van der Waals surface area contributed by atoms with E-state index in [1.165, 1.54) is 0 Å². The molecule has 4 aromatic rings. The van der Waals surface area contributed by atoms with Crippen LogP contribution in [0.2, 0.25) is 0 Å². The fourth-order valence-corrected chi connectivity index (χ4v) is 3.23. The highest BCUT2D eigenvalue weighted by Crippen LogP contribution is 2.28. The number of nitrogens with one attached hydrogen (secondary N) is 1. The number of rotatable bonds is 8. The quantitative estimate of drug-likeness (QED) is 0.339. The maximum atomic E-state index is 5.86. The van der Waals surface area contributed by atoms with Crippen molar-refractivity contribution >= 4 is 22.9 Å². The smallest absolute Gasteiger partial charge is 0.161 e. The first-order valence-electron chi connectivity index (χ1n) is 10.5. The Morgan fingerprint density at radius 3 is 2.55 bits per heavy atom. The van der Waals surface area contributed by atoms with Gasteiger partial charge < -0.3 is 14.5 Å². The maximum Gasteiger partial charge on any atom is 0.161 e. The van der Waals surface area contributed by atoms with E-state index in [-0.39, 0.29) is 0 Å². The number of methoxy groups -OCH3 is 1. The minimum Gasteiger partial charge on any atom is -0.493 e. The number of hydrogen-bond acceptors (Lipinski definition) is 4. The number of H-pyrrole nitrogens is 1. The lowest BCUT2D eigenvalue weighted by atomic mass is 10.1. The van der Waals surface area contributed by atoms with E-state index in [2.05, 4.69) is 28.8 Å². The molecule has 0 saturated heterocycles. The molecule has 1 aromatic heterocycles. The van der Waals surface area contributed by atoms with Crippen LogP contribution in [0, 0.1) is 5.92 Å². The summed E-state index contributed by atoms with van der Waals surface area (Å²) in [4.78, 5) is 12.6. The van der Waals surface area contributed by atoms with Crippen molar-refractivity contribution in [2.75, 3.05) is 13.7 Å². The van der Waals surface area contributed by atoms with Gasteiger partial charge in [-0.3, -0.25) is 4.99 Å². The predicted octanol–water partition coefficient (Wildman–Crippen LogP) is 6.41. The Morgan fingerprint density at radius 1 is 1.00 bits per heavy atom. The van der Waals surface area contributed by atoms with Gasteiger partial charge in [0.15, 0.2) is 11.5 Å². The van der Waals surface area contributed by atoms with Crippen LogP contribution in [0.5, 0.6) is 11.5 Å². The molecule has 0 spiro atoms. The van der Waals surface area contributed by atoms with Crippen molar-refractivity contribution in [3.8, 4) is 22.9 Å². The Balaban J connectivity index is 1.45. The molecule has 0 amide bonds. The maximum absolute atomic E-state index is 5.86. The van der Waals surface area contributed by atoms with Gasteiger partial charge in [-0.1, -0.05) is 26.0 Å². The third kappa shape index (κ3) is 5.12. The molecule has 0 radical (unpaired) electrons. The number of aliphatic imine (C=N–C) groups is 1. The van der Waals surface area contributed by atoms with Crippen molar-refractivity contribution < 1.29 is 9.47 Å². The Hall–Kier alpha value is -3.60. The fourth-order valence-electron chi connectivity index (χ4n) is 3.23. The Labute approximate surface area is 182 Å². The third-order valence-electron chi connectivity index (χ3n) is 5.03. The van der Waals surface area contributed by atoms with Crippen molar-refractivity contribution in [2.45, 2.75) is 20.3 Å². The van der Waals surface area contributed by atoms with E-state index in [9.17, 15) is 0 Å². The van der Waals surface area contributed by atoms with E-state index < -0.39 is 0 Å². The fraction of sp³-hybridized carbons (Fsp3) is 0.231. The minimum atomic E-state index is 0.607. The van der Waals surface area contributed by atoms with E-state index in [1.54, 1.807) is 7.11 Å². The average molecular weight is 414 g/mol. The van der Waals surface area contributed by atoms with Crippen molar-refractivity contribution in [3.63, 3.8) is 0 Å². The molecule has 31 heavy (non-hydrogen) atoms. The molecule has 158 valence electrons. The second-order valence-electron chi connectivity index (χ2n) is 7.85. The second-order valence-corrected chi connectivity index (χ2v) is 7.85. The van der Waals surface area contributed by atoms with Crippen LogP contribution in [0.3, 0.4) is 0 Å². The van der Waals surface area contributed by atoms with Gasteiger partial charge in [0.25, 0.3) is 0 Å². The first kappa shape index (κ1) is 20.7. The molecule has 0 aliphatic rings. The van der Waals surface area contributed by atoms with Gasteiger partial charge in [-0.25, -0.2) is 4.98 Å². The summed E-state index contributed by atoms with van der Waals surface area (Å²) in [6.07, 6.45) is 2.84. The molecule has 1 heterocycles. The topological polar surface area (TPSA) is 59.5 Å². The number of benzene rings is 3. The van der Waals surface area contributed by atoms with Gasteiger partial charge in [0.1, 0.15) is 5.82 Å². The van der Waals surface area contributed by atoms with Crippen LogP contribution in [-0.4, -0.2) is 29.9 Å². The zero-order valence-electron chi connectivity index (χ0n) is 18.1. The molecule has 5 nitrogen and oxygen atoms in total. The van der Waals surface area contributed by atoms with Gasteiger partial charge in [0.05, 0.1) is 30.4 Å². The first-order valence-corrected chi connectivity index (χ1v) is 10.5. The SMILES string of the molecule is COc1cc(C=Nc2ccc(-c3nc4ccccc4[nH]3)cc2)ccc1OCCC(C)C. The zero-order valence-corrected chi connectivity index (χ0v) is 18.1. The van der Waals surface area contributed by atoms with Crippen LogP contribution in [0.4, 0.5) is 5.69 Å². The molecule has 0 aliphatic carbocycles. The van der Waals surface area contributed by atoms with Crippen LogP contribution in [-0.2, 0) is 0 Å². The number of ether oxygens (including phenoxy) is 2. The molecule has 0 aliphatic heterocycles. The molecule has 4 rings (SSSR count). The molecule has 0 saturated carbocycles. The van der Waals surface area contributed by atoms with E-state index in [0.717, 1.165) is 45.8 Å². The summed E-state index contributed by atoms with van der Waals surface area (Å²) in [6.45, 7) is 5.05. The number of para-hydroxylation sites is 2. The van der Waals surface area contributed by atoms with Crippen molar-refractivity contribution in [1.29, 1.82) is 0 Å². The van der Waals surface area contributed by atoms with Crippen LogP contribution in [0.15, 0.2) is 71.7 Å². The number of aromatic nitrogens is 2. The molecular formula is C26H27N3O2. The Kier molecular flexibility index (Phi) is 6.32. The molecule has 0 atom stereocenters. The molecule has 0 fully saturated rings. The molecule has 1 N–H and O–H groups in total. The van der Waals surface area contributed by atoms with Crippen molar-refractivity contribution in [1.82, 2.24) is 9.97 Å². The predicted molar refractivity (Wildman–Crippen MR) is 127 cm³/mol. The Morgan fingerprint density at radius 2 is 1.81 bits per heavy atom. The Bertz CT molecular complexity index is 1140. The lowest BCUT2D eigenvalue weighted by Gasteiger charge is -2.12. The van der Waals surface area contributed by atoms with Gasteiger partial charge in [-0.2, -0.15) is 0 Å². The van der Waals surface area contributed by atoms with Crippen molar-refractivity contribution in [3.05, 3.63) is 72.3 Å². The summed E-state index contributed by atoms with van der Waals surface area (Å²) < 4.78 is 11.3. The van der Waals surface area contributed by atoms with Gasteiger partial charge in [-0.05, 0) is 72.5 Å². The van der Waals surface area contributed by atoms with Gasteiger partial charge in [0.2, 0.25) is 0 Å². The van der Waals surface area contributed by atoms with E-state index >= 15 is 0 Å². The second kappa shape index (κ2) is 9.47. The summed E-state index contributed by atoms with van der Waals surface area (Å²) in [6, 6.07) is 21.9. The summed E-state index contributed by atoms with van der Waals surface area (Å²) in [5.74, 6) is 2.94. The van der Waals surface area contributed by atoms with Crippen LogP contribution in [0.25, 0.3) is 22.4 Å². The number of aromatic amines is 1. The molecule has 3 aromatic carbocycles. The van der Waals surface area contributed by atoms with Crippen LogP contribution in [0.1, 0.15) is 25.8 Å². The largest absolute Gasteiger partial charge is 0.493 e. The number of fused-ring (bicyclic) bond motifs is 1.